The molecule has 0 radical (unpaired) electrons. The van der Waals surface area contributed by atoms with Gasteiger partial charge in [-0.2, -0.15) is 4.31 Å². The summed E-state index contributed by atoms with van der Waals surface area (Å²) in [6.07, 6.45) is 2.20. The van der Waals surface area contributed by atoms with E-state index in [9.17, 15) is 22.0 Å². The molecule has 0 saturated carbocycles. The molecule has 0 N–H and O–H groups in total. The molecular formula is C24H25F2N3O4S2. The molecule has 3 heterocycles. The van der Waals surface area contributed by atoms with E-state index in [1.54, 1.807) is 17.0 Å². The largest absolute Gasteiger partial charge is 0.376 e. The summed E-state index contributed by atoms with van der Waals surface area (Å²) in [7, 11) is -3.99. The van der Waals surface area contributed by atoms with Crippen molar-refractivity contribution in [2.45, 2.75) is 36.7 Å². The number of benzene rings is 2. The molecule has 1 amide bonds. The van der Waals surface area contributed by atoms with Crippen molar-refractivity contribution >= 4 is 42.6 Å². The van der Waals surface area contributed by atoms with E-state index in [0.717, 1.165) is 18.9 Å². The number of ether oxygens (including phenoxy) is 1. The first-order chi connectivity index (χ1) is 16.8. The van der Waals surface area contributed by atoms with Crippen molar-refractivity contribution in [1.82, 2.24) is 9.29 Å². The van der Waals surface area contributed by atoms with Gasteiger partial charge in [0.05, 0.1) is 17.3 Å². The lowest BCUT2D eigenvalue weighted by molar-refractivity contribution is -0.123. The summed E-state index contributed by atoms with van der Waals surface area (Å²) in [5, 5.41) is 0.409. The van der Waals surface area contributed by atoms with Crippen molar-refractivity contribution in [2.24, 2.45) is 5.92 Å². The highest BCUT2D eigenvalue weighted by Gasteiger charge is 2.37. The lowest BCUT2D eigenvalue weighted by Gasteiger charge is -2.33. The van der Waals surface area contributed by atoms with Crippen LogP contribution in [0.4, 0.5) is 13.9 Å². The molecule has 2 aromatic carbocycles. The molecule has 35 heavy (non-hydrogen) atoms. The van der Waals surface area contributed by atoms with Gasteiger partial charge in [0.2, 0.25) is 15.9 Å². The Morgan fingerprint density at radius 1 is 1.09 bits per heavy atom. The summed E-state index contributed by atoms with van der Waals surface area (Å²) >= 11 is 1.25. The zero-order valence-corrected chi connectivity index (χ0v) is 20.5. The zero-order chi connectivity index (χ0) is 24.6. The van der Waals surface area contributed by atoms with Crippen LogP contribution in [0.1, 0.15) is 25.7 Å². The third-order valence-electron chi connectivity index (χ3n) is 6.52. The number of halogens is 2. The number of sulfonamides is 1. The Kier molecular flexibility index (Phi) is 6.84. The smallest absolute Gasteiger partial charge is 0.245 e. The molecule has 0 spiro atoms. The summed E-state index contributed by atoms with van der Waals surface area (Å²) in [6, 6.07) is 10.00. The first kappa shape index (κ1) is 24.2. The highest BCUT2D eigenvalue weighted by Crippen LogP contribution is 2.34. The number of hydrogen-bond acceptors (Lipinski definition) is 6. The minimum atomic E-state index is -3.99. The second-order valence-electron chi connectivity index (χ2n) is 8.78. The van der Waals surface area contributed by atoms with Crippen LogP contribution < -0.4 is 4.90 Å². The van der Waals surface area contributed by atoms with Crippen LogP contribution in [0, 0.1) is 17.6 Å². The molecule has 1 atom stereocenters. The van der Waals surface area contributed by atoms with Gasteiger partial charge in [0.1, 0.15) is 22.0 Å². The summed E-state index contributed by atoms with van der Waals surface area (Å²) in [4.78, 5) is 19.3. The van der Waals surface area contributed by atoms with Gasteiger partial charge in [0.25, 0.3) is 0 Å². The van der Waals surface area contributed by atoms with Gasteiger partial charge in [0, 0.05) is 25.6 Å². The van der Waals surface area contributed by atoms with Crippen molar-refractivity contribution in [1.29, 1.82) is 0 Å². The third kappa shape index (κ3) is 4.82. The van der Waals surface area contributed by atoms with E-state index in [4.69, 9.17) is 4.74 Å². The molecule has 11 heteroatoms. The molecular weight excluding hydrogens is 496 g/mol. The molecule has 186 valence electrons. The number of piperidine rings is 1. The monoisotopic (exact) mass is 521 g/mol. The van der Waals surface area contributed by atoms with Crippen LogP contribution in [-0.4, -0.2) is 56.0 Å². The van der Waals surface area contributed by atoms with Crippen molar-refractivity contribution in [2.75, 3.05) is 31.1 Å². The average molecular weight is 522 g/mol. The van der Waals surface area contributed by atoms with Crippen molar-refractivity contribution in [3.63, 3.8) is 0 Å². The zero-order valence-electron chi connectivity index (χ0n) is 18.9. The van der Waals surface area contributed by atoms with Gasteiger partial charge in [-0.3, -0.25) is 9.69 Å². The summed E-state index contributed by atoms with van der Waals surface area (Å²) in [5.41, 5.74) is 0.225. The topological polar surface area (TPSA) is 79.8 Å². The van der Waals surface area contributed by atoms with Crippen LogP contribution in [0.2, 0.25) is 0 Å². The van der Waals surface area contributed by atoms with Gasteiger partial charge in [-0.05, 0) is 49.9 Å². The molecule has 3 aromatic rings. The summed E-state index contributed by atoms with van der Waals surface area (Å²) < 4.78 is 61.9. The van der Waals surface area contributed by atoms with Crippen LogP contribution in [0.5, 0.6) is 0 Å². The minimum Gasteiger partial charge on any atom is -0.376 e. The van der Waals surface area contributed by atoms with Gasteiger partial charge in [-0.25, -0.2) is 22.2 Å². The number of hydrogen-bond donors (Lipinski definition) is 0. The number of aromatic nitrogens is 1. The van der Waals surface area contributed by atoms with E-state index in [1.165, 1.54) is 39.9 Å². The van der Waals surface area contributed by atoms with Crippen LogP contribution >= 0.6 is 11.3 Å². The average Bonchev–Trinajstić information content (AvgIpc) is 3.53. The number of amides is 1. The van der Waals surface area contributed by atoms with Gasteiger partial charge in [-0.15, -0.1) is 0 Å². The van der Waals surface area contributed by atoms with Crippen molar-refractivity contribution < 1.29 is 26.7 Å². The normalized spacial score (nSPS) is 19.9. The molecule has 1 aromatic heterocycles. The predicted octanol–water partition coefficient (Wildman–Crippen LogP) is 4.19. The molecule has 0 aliphatic carbocycles. The Morgan fingerprint density at radius 3 is 2.51 bits per heavy atom. The number of fused-ring (bicyclic) bond motifs is 1. The number of anilines is 1. The Hall–Kier alpha value is -2.47. The second-order valence-corrected chi connectivity index (χ2v) is 11.7. The molecule has 2 aliphatic heterocycles. The first-order valence-corrected chi connectivity index (χ1v) is 13.8. The second kappa shape index (κ2) is 9.88. The maximum atomic E-state index is 14.3. The van der Waals surface area contributed by atoms with Gasteiger partial charge < -0.3 is 4.74 Å². The SMILES string of the molecule is O=C(C1CCN(S(=O)(=O)c2ccccc2F)CC1)N(CC1CCCO1)c1nc2c(F)cccc2s1. The standard InChI is InChI=1S/C24H25F2N3O4S2/c25-18-6-1-2-9-21(18)35(31,32)28-12-10-16(11-13-28)23(30)29(15-17-5-4-14-33-17)24-27-22-19(26)7-3-8-20(22)34-24/h1-3,6-9,16-17H,4-5,10-15H2. The number of thiazole rings is 1. The Bertz CT molecular complexity index is 1330. The fourth-order valence-electron chi connectivity index (χ4n) is 4.63. The fourth-order valence-corrected chi connectivity index (χ4v) is 7.16. The maximum absolute atomic E-state index is 14.3. The lowest BCUT2D eigenvalue weighted by Crippen LogP contribution is -2.46. The lowest BCUT2D eigenvalue weighted by atomic mass is 9.96. The van der Waals surface area contributed by atoms with E-state index in [0.29, 0.717) is 35.8 Å². The highest BCUT2D eigenvalue weighted by molar-refractivity contribution is 7.89. The molecule has 0 bridgehead atoms. The van der Waals surface area contributed by atoms with E-state index >= 15 is 0 Å². The molecule has 1 unspecified atom stereocenters. The quantitative estimate of drug-likeness (QED) is 0.486. The number of nitrogens with zero attached hydrogens (tertiary/aromatic N) is 3. The summed E-state index contributed by atoms with van der Waals surface area (Å²) in [5.74, 6) is -1.85. The Morgan fingerprint density at radius 2 is 1.83 bits per heavy atom. The molecule has 2 fully saturated rings. The van der Waals surface area contributed by atoms with Gasteiger partial charge in [-0.1, -0.05) is 29.5 Å². The van der Waals surface area contributed by atoms with Gasteiger partial charge >= 0.3 is 0 Å². The Balaban J connectivity index is 1.35. The Labute approximate surface area is 206 Å². The summed E-state index contributed by atoms with van der Waals surface area (Å²) in [6.45, 7) is 1.16. The van der Waals surface area contributed by atoms with E-state index in [1.807, 2.05) is 0 Å². The van der Waals surface area contributed by atoms with Crippen molar-refractivity contribution in [3.8, 4) is 0 Å². The van der Waals surface area contributed by atoms with E-state index in [-0.39, 0.29) is 35.5 Å². The molecule has 2 saturated heterocycles. The molecule has 5 rings (SSSR count). The number of rotatable bonds is 6. The van der Waals surface area contributed by atoms with Gasteiger partial charge in [0.15, 0.2) is 5.13 Å². The van der Waals surface area contributed by atoms with Crippen molar-refractivity contribution in [3.05, 3.63) is 54.1 Å². The van der Waals surface area contributed by atoms with E-state index in [2.05, 4.69) is 4.98 Å². The number of carbonyl (C=O) groups excluding carboxylic acids is 1. The third-order valence-corrected chi connectivity index (χ3v) is 9.50. The maximum Gasteiger partial charge on any atom is 0.245 e. The minimum absolute atomic E-state index is 0.106. The van der Waals surface area contributed by atoms with Crippen LogP contribution in [0.15, 0.2) is 47.4 Å². The highest BCUT2D eigenvalue weighted by atomic mass is 32.2. The fraction of sp³-hybridized carbons (Fsp3) is 0.417. The molecule has 7 nitrogen and oxygen atoms in total. The van der Waals surface area contributed by atoms with Crippen LogP contribution in [-0.2, 0) is 19.6 Å². The van der Waals surface area contributed by atoms with E-state index < -0.39 is 27.6 Å². The van der Waals surface area contributed by atoms with Crippen LogP contribution in [0.25, 0.3) is 10.2 Å². The number of para-hydroxylation sites is 1. The molecule has 2 aliphatic rings. The number of carbonyl (C=O) groups is 1. The first-order valence-electron chi connectivity index (χ1n) is 11.6. The van der Waals surface area contributed by atoms with Crippen LogP contribution in [0.3, 0.4) is 0 Å². The predicted molar refractivity (Wildman–Crippen MR) is 129 cm³/mol.